The highest BCUT2D eigenvalue weighted by atomic mass is 32.2. The highest BCUT2D eigenvalue weighted by Gasteiger charge is 2.18. The second-order valence-electron chi connectivity index (χ2n) is 5.98. The van der Waals surface area contributed by atoms with Crippen molar-refractivity contribution < 1.29 is 9.53 Å². The lowest BCUT2D eigenvalue weighted by molar-refractivity contribution is 0.170. The molecule has 6 heteroatoms. The van der Waals surface area contributed by atoms with E-state index in [0.717, 1.165) is 45.6 Å². The zero-order valence-corrected chi connectivity index (χ0v) is 15.6. The van der Waals surface area contributed by atoms with E-state index in [1.165, 1.54) is 24.1 Å². The van der Waals surface area contributed by atoms with Gasteiger partial charge in [-0.1, -0.05) is 18.6 Å². The molecule has 0 atom stereocenters. The van der Waals surface area contributed by atoms with Crippen molar-refractivity contribution in [3.8, 4) is 0 Å². The molecule has 134 valence electrons. The number of piperazine rings is 1. The Balaban J connectivity index is 1.62. The fourth-order valence-corrected chi connectivity index (χ4v) is 3.62. The van der Waals surface area contributed by atoms with E-state index in [1.807, 2.05) is 11.8 Å². The first-order valence-electron chi connectivity index (χ1n) is 8.66. The maximum absolute atomic E-state index is 10.9. The summed E-state index contributed by atoms with van der Waals surface area (Å²) in [5.74, 6) is 0. The smallest absolute Gasteiger partial charge is 0.406 e. The number of para-hydroxylation sites is 1. The van der Waals surface area contributed by atoms with E-state index < -0.39 is 0 Å². The van der Waals surface area contributed by atoms with Crippen LogP contribution in [0.3, 0.4) is 0 Å². The number of amides is 1. The Labute approximate surface area is 149 Å². The summed E-state index contributed by atoms with van der Waals surface area (Å²) in [5, 5.41) is 2.72. The van der Waals surface area contributed by atoms with Crippen molar-refractivity contribution in [3.63, 3.8) is 0 Å². The molecule has 1 N–H and O–H groups in total. The van der Waals surface area contributed by atoms with E-state index in [2.05, 4.69) is 50.4 Å². The van der Waals surface area contributed by atoms with Gasteiger partial charge in [-0.25, -0.2) is 4.79 Å². The summed E-state index contributed by atoms with van der Waals surface area (Å²) in [7, 11) is 1.40. The van der Waals surface area contributed by atoms with Gasteiger partial charge < -0.3 is 15.0 Å². The highest BCUT2D eigenvalue weighted by Crippen LogP contribution is 2.28. The lowest BCUT2D eigenvalue weighted by Gasteiger charge is -2.36. The van der Waals surface area contributed by atoms with Crippen molar-refractivity contribution in [2.45, 2.75) is 24.2 Å². The zero-order valence-electron chi connectivity index (χ0n) is 14.8. The molecule has 0 radical (unpaired) electrons. The molecule has 2 rings (SSSR count). The van der Waals surface area contributed by atoms with Crippen molar-refractivity contribution >= 4 is 23.5 Å². The second kappa shape index (κ2) is 10.5. The van der Waals surface area contributed by atoms with Crippen LogP contribution in [0, 0.1) is 0 Å². The minimum atomic E-state index is -0.336. The molecule has 0 aromatic heterocycles. The first-order valence-corrected chi connectivity index (χ1v) is 9.89. The van der Waals surface area contributed by atoms with Crippen LogP contribution in [0.25, 0.3) is 0 Å². The first kappa shape index (κ1) is 18.9. The fraction of sp³-hybridized carbons (Fsp3) is 0.611. The van der Waals surface area contributed by atoms with Crippen molar-refractivity contribution in [2.24, 2.45) is 0 Å². The largest absolute Gasteiger partial charge is 0.453 e. The van der Waals surface area contributed by atoms with E-state index >= 15 is 0 Å². The zero-order chi connectivity index (χ0) is 17.2. The number of ether oxygens (including phenoxy) is 1. The molecule has 5 nitrogen and oxygen atoms in total. The number of hydrogen-bond donors (Lipinski definition) is 1. The van der Waals surface area contributed by atoms with E-state index in [-0.39, 0.29) is 6.09 Å². The molecular weight excluding hydrogens is 322 g/mol. The summed E-state index contributed by atoms with van der Waals surface area (Å²) in [6, 6.07) is 8.68. The maximum Gasteiger partial charge on any atom is 0.406 e. The van der Waals surface area contributed by atoms with Crippen LogP contribution in [0.2, 0.25) is 0 Å². The molecule has 1 fully saturated rings. The van der Waals surface area contributed by atoms with E-state index in [4.69, 9.17) is 0 Å². The summed E-state index contributed by atoms with van der Waals surface area (Å²) in [6.07, 6.45) is 5.14. The SMILES string of the molecule is COC(=O)NCCCCCN1CCN(c2ccccc2SC)CC1. The highest BCUT2D eigenvalue weighted by molar-refractivity contribution is 7.98. The third-order valence-corrected chi connectivity index (χ3v) is 5.19. The Kier molecular flexibility index (Phi) is 8.25. The Hall–Kier alpha value is -1.40. The topological polar surface area (TPSA) is 44.8 Å². The predicted molar refractivity (Wildman–Crippen MR) is 101 cm³/mol. The number of benzene rings is 1. The van der Waals surface area contributed by atoms with Crippen LogP contribution in [0.4, 0.5) is 10.5 Å². The number of alkyl carbamates (subject to hydrolysis) is 1. The van der Waals surface area contributed by atoms with Crippen LogP contribution < -0.4 is 10.2 Å². The van der Waals surface area contributed by atoms with Gasteiger partial charge in [-0.15, -0.1) is 11.8 Å². The summed E-state index contributed by atoms with van der Waals surface area (Å²) in [5.41, 5.74) is 1.37. The third-order valence-electron chi connectivity index (χ3n) is 4.40. The Morgan fingerprint density at radius 3 is 2.62 bits per heavy atom. The minimum Gasteiger partial charge on any atom is -0.453 e. The van der Waals surface area contributed by atoms with Crippen molar-refractivity contribution in [3.05, 3.63) is 24.3 Å². The van der Waals surface area contributed by atoms with Gasteiger partial charge in [0.05, 0.1) is 12.8 Å². The van der Waals surface area contributed by atoms with Gasteiger partial charge in [0.2, 0.25) is 0 Å². The number of nitrogens with one attached hydrogen (secondary N) is 1. The number of unbranched alkanes of at least 4 members (excludes halogenated alkanes) is 2. The summed E-state index contributed by atoms with van der Waals surface area (Å²) in [4.78, 5) is 17.4. The molecule has 24 heavy (non-hydrogen) atoms. The molecule has 1 aromatic carbocycles. The first-order chi connectivity index (χ1) is 11.7. The van der Waals surface area contributed by atoms with Crippen LogP contribution in [0.1, 0.15) is 19.3 Å². The molecule has 0 unspecified atom stereocenters. The summed E-state index contributed by atoms with van der Waals surface area (Å²) >= 11 is 1.82. The van der Waals surface area contributed by atoms with Gasteiger partial charge in [0, 0.05) is 37.6 Å². The van der Waals surface area contributed by atoms with E-state index in [1.54, 1.807) is 0 Å². The van der Waals surface area contributed by atoms with E-state index in [0.29, 0.717) is 6.54 Å². The quantitative estimate of drug-likeness (QED) is 0.576. The van der Waals surface area contributed by atoms with Gasteiger partial charge >= 0.3 is 6.09 Å². The Morgan fingerprint density at radius 2 is 1.92 bits per heavy atom. The van der Waals surface area contributed by atoms with E-state index in [9.17, 15) is 4.79 Å². The normalized spacial score (nSPS) is 15.3. The molecule has 0 bridgehead atoms. The lowest BCUT2D eigenvalue weighted by Crippen LogP contribution is -2.46. The Morgan fingerprint density at radius 1 is 1.17 bits per heavy atom. The molecule has 1 saturated heterocycles. The fourth-order valence-electron chi connectivity index (χ4n) is 3.00. The molecule has 1 heterocycles. The van der Waals surface area contributed by atoms with Crippen molar-refractivity contribution in [2.75, 3.05) is 57.5 Å². The van der Waals surface area contributed by atoms with Crippen LogP contribution in [0.5, 0.6) is 0 Å². The monoisotopic (exact) mass is 351 g/mol. The lowest BCUT2D eigenvalue weighted by atomic mass is 10.2. The third kappa shape index (κ3) is 5.91. The van der Waals surface area contributed by atoms with Gasteiger partial charge in [0.15, 0.2) is 0 Å². The van der Waals surface area contributed by atoms with Crippen LogP contribution >= 0.6 is 11.8 Å². The standard InChI is InChI=1S/C18H29N3O2S/c1-23-18(22)19-10-6-3-7-11-20-12-14-21(15-13-20)16-8-4-5-9-17(16)24-2/h4-5,8-9H,3,6-7,10-15H2,1-2H3,(H,19,22). The minimum absolute atomic E-state index is 0.336. The molecular formula is C18H29N3O2S. The molecule has 1 amide bonds. The van der Waals surface area contributed by atoms with Gasteiger partial charge in [0.25, 0.3) is 0 Å². The molecule has 0 spiro atoms. The van der Waals surface area contributed by atoms with Gasteiger partial charge in [-0.2, -0.15) is 0 Å². The number of carbonyl (C=O) groups excluding carboxylic acids is 1. The molecule has 1 aliphatic heterocycles. The van der Waals surface area contributed by atoms with Gasteiger partial charge in [-0.05, 0) is 37.8 Å². The number of hydrogen-bond acceptors (Lipinski definition) is 5. The second-order valence-corrected chi connectivity index (χ2v) is 6.83. The molecule has 1 aromatic rings. The number of anilines is 1. The average Bonchev–Trinajstić information content (AvgIpc) is 2.64. The average molecular weight is 352 g/mol. The van der Waals surface area contributed by atoms with Crippen molar-refractivity contribution in [1.29, 1.82) is 0 Å². The van der Waals surface area contributed by atoms with Gasteiger partial charge in [-0.3, -0.25) is 4.90 Å². The molecule has 0 aliphatic carbocycles. The number of nitrogens with zero attached hydrogens (tertiary/aromatic N) is 2. The summed E-state index contributed by atoms with van der Waals surface area (Å²) in [6.45, 7) is 6.30. The maximum atomic E-state index is 10.9. The van der Waals surface area contributed by atoms with Crippen molar-refractivity contribution in [1.82, 2.24) is 10.2 Å². The van der Waals surface area contributed by atoms with Crippen LogP contribution in [-0.2, 0) is 4.74 Å². The number of thioether (sulfide) groups is 1. The predicted octanol–water partition coefficient (Wildman–Crippen LogP) is 3.06. The number of carbonyl (C=O) groups is 1. The van der Waals surface area contributed by atoms with Crippen LogP contribution in [-0.4, -0.2) is 63.6 Å². The van der Waals surface area contributed by atoms with Gasteiger partial charge in [0.1, 0.15) is 0 Å². The molecule has 0 saturated carbocycles. The number of methoxy groups -OCH3 is 1. The summed E-state index contributed by atoms with van der Waals surface area (Å²) < 4.78 is 4.55. The Bertz CT molecular complexity index is 505. The van der Waals surface area contributed by atoms with Crippen LogP contribution in [0.15, 0.2) is 29.2 Å². The molecule has 1 aliphatic rings. The number of rotatable bonds is 8.